The number of hydrogen-bond donors (Lipinski definition) is 1. The molecule has 0 radical (unpaired) electrons. The Morgan fingerprint density at radius 2 is 2.00 bits per heavy atom. The molecule has 110 valence electrons. The van der Waals surface area contributed by atoms with Gasteiger partial charge in [0.15, 0.2) is 0 Å². The van der Waals surface area contributed by atoms with Crippen LogP contribution in [0.4, 0.5) is 0 Å². The first-order chi connectivity index (χ1) is 9.54. The van der Waals surface area contributed by atoms with Crippen molar-refractivity contribution in [2.75, 3.05) is 12.4 Å². The summed E-state index contributed by atoms with van der Waals surface area (Å²) in [6.07, 6.45) is 5.97. The van der Waals surface area contributed by atoms with E-state index >= 15 is 0 Å². The predicted octanol–water partition coefficient (Wildman–Crippen LogP) is 4.68. The minimum atomic E-state index is -0.00975. The van der Waals surface area contributed by atoms with Gasteiger partial charge in [0, 0.05) is 27.9 Å². The van der Waals surface area contributed by atoms with E-state index in [-0.39, 0.29) is 11.3 Å². The molecule has 0 heterocycles. The molecular formula is C16H21BrClNO. The summed E-state index contributed by atoms with van der Waals surface area (Å²) in [4.78, 5) is 12.3. The van der Waals surface area contributed by atoms with E-state index in [0.717, 1.165) is 22.9 Å². The van der Waals surface area contributed by atoms with E-state index in [0.29, 0.717) is 18.0 Å². The summed E-state index contributed by atoms with van der Waals surface area (Å²) in [6, 6.07) is 5.77. The Kier molecular flexibility index (Phi) is 5.50. The van der Waals surface area contributed by atoms with Gasteiger partial charge in [0.05, 0.1) is 0 Å². The molecule has 20 heavy (non-hydrogen) atoms. The van der Waals surface area contributed by atoms with Crippen LogP contribution in [0.3, 0.4) is 0 Å². The first kappa shape index (κ1) is 15.8. The zero-order valence-corrected chi connectivity index (χ0v) is 14.2. The topological polar surface area (TPSA) is 29.1 Å². The van der Waals surface area contributed by atoms with Gasteiger partial charge in [-0.3, -0.25) is 4.79 Å². The molecule has 4 heteroatoms. The van der Waals surface area contributed by atoms with Gasteiger partial charge in [0.25, 0.3) is 5.91 Å². The molecule has 0 aromatic heterocycles. The number of benzene rings is 1. The lowest BCUT2D eigenvalue weighted by Crippen LogP contribution is -2.40. The fourth-order valence-corrected chi connectivity index (χ4v) is 3.87. The zero-order chi connectivity index (χ0) is 14.6. The van der Waals surface area contributed by atoms with E-state index in [9.17, 15) is 4.79 Å². The van der Waals surface area contributed by atoms with E-state index in [1.807, 2.05) is 25.1 Å². The highest BCUT2D eigenvalue weighted by Crippen LogP contribution is 2.36. The zero-order valence-electron chi connectivity index (χ0n) is 11.8. The van der Waals surface area contributed by atoms with Crippen LogP contribution in [0.2, 0.25) is 0 Å². The van der Waals surface area contributed by atoms with Crippen LogP contribution in [0, 0.1) is 12.3 Å². The maximum Gasteiger partial charge on any atom is 0.251 e. The van der Waals surface area contributed by atoms with Crippen LogP contribution in [-0.4, -0.2) is 18.3 Å². The highest BCUT2D eigenvalue weighted by Gasteiger charge is 2.31. The molecule has 1 saturated carbocycles. The van der Waals surface area contributed by atoms with Gasteiger partial charge in [-0.25, -0.2) is 0 Å². The molecule has 1 aromatic rings. The van der Waals surface area contributed by atoms with Crippen molar-refractivity contribution in [2.24, 2.45) is 5.41 Å². The third-order valence-corrected chi connectivity index (χ3v) is 5.15. The lowest BCUT2D eigenvalue weighted by Gasteiger charge is -2.35. The minimum absolute atomic E-state index is 0.00975. The van der Waals surface area contributed by atoms with Gasteiger partial charge >= 0.3 is 0 Å². The summed E-state index contributed by atoms with van der Waals surface area (Å²) >= 11 is 9.59. The molecule has 1 aromatic carbocycles. The number of carbonyl (C=O) groups is 1. The highest BCUT2D eigenvalue weighted by molar-refractivity contribution is 9.10. The largest absolute Gasteiger partial charge is 0.351 e. The van der Waals surface area contributed by atoms with E-state index in [1.54, 1.807) is 0 Å². The molecule has 0 bridgehead atoms. The van der Waals surface area contributed by atoms with Crippen molar-refractivity contribution in [3.05, 3.63) is 33.8 Å². The molecule has 0 saturated heterocycles. The SMILES string of the molecule is Cc1cc(Br)cc(C(=O)NCC2(CCl)CCCCC2)c1. The Balaban J connectivity index is 2.00. The van der Waals surface area contributed by atoms with Crippen LogP contribution in [0.15, 0.2) is 22.7 Å². The molecule has 0 unspecified atom stereocenters. The summed E-state index contributed by atoms with van der Waals surface area (Å²) < 4.78 is 0.937. The van der Waals surface area contributed by atoms with Crippen molar-refractivity contribution in [1.82, 2.24) is 5.32 Å². The Morgan fingerprint density at radius 1 is 1.30 bits per heavy atom. The second-order valence-electron chi connectivity index (χ2n) is 5.89. The van der Waals surface area contributed by atoms with Crippen LogP contribution < -0.4 is 5.32 Å². The van der Waals surface area contributed by atoms with Gasteiger partial charge < -0.3 is 5.32 Å². The molecule has 1 N–H and O–H groups in total. The number of hydrogen-bond acceptors (Lipinski definition) is 1. The molecule has 0 aliphatic heterocycles. The average molecular weight is 359 g/mol. The fraction of sp³-hybridized carbons (Fsp3) is 0.562. The number of carbonyl (C=O) groups excluding carboxylic acids is 1. The number of amides is 1. The minimum Gasteiger partial charge on any atom is -0.351 e. The average Bonchev–Trinajstić information content (AvgIpc) is 2.45. The van der Waals surface area contributed by atoms with E-state index in [4.69, 9.17) is 11.6 Å². The summed E-state index contributed by atoms with van der Waals surface area (Å²) in [5, 5.41) is 3.07. The number of halogens is 2. The number of nitrogens with one attached hydrogen (secondary N) is 1. The van der Waals surface area contributed by atoms with E-state index in [2.05, 4.69) is 21.2 Å². The number of rotatable bonds is 4. The maximum absolute atomic E-state index is 12.3. The van der Waals surface area contributed by atoms with Crippen molar-refractivity contribution in [2.45, 2.75) is 39.0 Å². The normalized spacial score (nSPS) is 17.8. The Hall–Kier alpha value is -0.540. The lowest BCUT2D eigenvalue weighted by molar-refractivity contribution is 0.0920. The van der Waals surface area contributed by atoms with Crippen molar-refractivity contribution in [1.29, 1.82) is 0 Å². The lowest BCUT2D eigenvalue weighted by atomic mass is 9.75. The summed E-state index contributed by atoms with van der Waals surface area (Å²) in [6.45, 7) is 2.67. The van der Waals surface area contributed by atoms with Crippen LogP contribution in [-0.2, 0) is 0 Å². The van der Waals surface area contributed by atoms with Crippen LogP contribution >= 0.6 is 27.5 Å². The van der Waals surface area contributed by atoms with Gasteiger partial charge in [-0.1, -0.05) is 35.2 Å². The Bertz CT molecular complexity index is 463. The van der Waals surface area contributed by atoms with Crippen molar-refractivity contribution >= 4 is 33.4 Å². The molecule has 1 amide bonds. The van der Waals surface area contributed by atoms with Crippen LogP contribution in [0.5, 0.6) is 0 Å². The third-order valence-electron chi connectivity index (χ3n) is 4.13. The molecule has 1 aliphatic carbocycles. The van der Waals surface area contributed by atoms with E-state index < -0.39 is 0 Å². The fourth-order valence-electron chi connectivity index (χ4n) is 2.90. The van der Waals surface area contributed by atoms with Crippen molar-refractivity contribution in [3.63, 3.8) is 0 Å². The number of alkyl halides is 1. The van der Waals surface area contributed by atoms with Gasteiger partial charge in [-0.05, 0) is 43.5 Å². The first-order valence-electron chi connectivity index (χ1n) is 7.16. The molecular weight excluding hydrogens is 338 g/mol. The first-order valence-corrected chi connectivity index (χ1v) is 8.49. The monoisotopic (exact) mass is 357 g/mol. The third kappa shape index (κ3) is 3.98. The smallest absolute Gasteiger partial charge is 0.251 e. The van der Waals surface area contributed by atoms with E-state index in [1.165, 1.54) is 19.3 Å². The highest BCUT2D eigenvalue weighted by atomic mass is 79.9. The Labute approximate surface area is 134 Å². The molecule has 1 aliphatic rings. The van der Waals surface area contributed by atoms with Gasteiger partial charge in [0.1, 0.15) is 0 Å². The quantitative estimate of drug-likeness (QED) is 0.778. The molecule has 2 rings (SSSR count). The van der Waals surface area contributed by atoms with Gasteiger partial charge in [0.2, 0.25) is 0 Å². The summed E-state index contributed by atoms with van der Waals surface area (Å²) in [5.41, 5.74) is 1.88. The van der Waals surface area contributed by atoms with Crippen molar-refractivity contribution in [3.8, 4) is 0 Å². The van der Waals surface area contributed by atoms with Gasteiger partial charge in [-0.15, -0.1) is 11.6 Å². The second-order valence-corrected chi connectivity index (χ2v) is 7.08. The van der Waals surface area contributed by atoms with Gasteiger partial charge in [-0.2, -0.15) is 0 Å². The van der Waals surface area contributed by atoms with Crippen molar-refractivity contribution < 1.29 is 4.79 Å². The Morgan fingerprint density at radius 3 is 2.60 bits per heavy atom. The summed E-state index contributed by atoms with van der Waals surface area (Å²) in [7, 11) is 0. The van der Waals surface area contributed by atoms with Crippen LogP contribution in [0.25, 0.3) is 0 Å². The maximum atomic E-state index is 12.3. The second kappa shape index (κ2) is 6.95. The molecule has 2 nitrogen and oxygen atoms in total. The van der Waals surface area contributed by atoms with Crippen LogP contribution in [0.1, 0.15) is 48.0 Å². The number of aryl methyl sites for hydroxylation is 1. The standard InChI is InChI=1S/C16H21BrClNO/c1-12-7-13(9-14(17)8-12)15(20)19-11-16(10-18)5-3-2-4-6-16/h7-9H,2-6,10-11H2,1H3,(H,19,20). The molecule has 1 fully saturated rings. The summed E-state index contributed by atoms with van der Waals surface area (Å²) in [5.74, 6) is 0.620. The molecule has 0 atom stereocenters. The molecule has 0 spiro atoms. The predicted molar refractivity (Wildman–Crippen MR) is 87.5 cm³/mol.